The van der Waals surface area contributed by atoms with Gasteiger partial charge in [-0.25, -0.2) is 0 Å². The molecule has 0 aliphatic rings. The van der Waals surface area contributed by atoms with Crippen molar-refractivity contribution in [3.8, 4) is 0 Å². The minimum Gasteiger partial charge on any atom is -0.464 e. The van der Waals surface area contributed by atoms with E-state index < -0.39 is 12.0 Å². The van der Waals surface area contributed by atoms with Gasteiger partial charge in [0.15, 0.2) is 0 Å². The van der Waals surface area contributed by atoms with E-state index in [4.69, 9.17) is 10.5 Å². The van der Waals surface area contributed by atoms with Crippen molar-refractivity contribution in [1.29, 1.82) is 0 Å². The Morgan fingerprint density at radius 1 is 1.33 bits per heavy atom. The van der Waals surface area contributed by atoms with Crippen LogP contribution in [0, 0.1) is 5.92 Å². The molecule has 4 heteroatoms. The van der Waals surface area contributed by atoms with E-state index in [1.807, 2.05) is 13.8 Å². The molecule has 4 nitrogen and oxygen atoms in total. The Hall–Kier alpha value is -0.900. The third kappa shape index (κ3) is 7.08. The molecule has 0 aromatic carbocycles. The van der Waals surface area contributed by atoms with E-state index >= 15 is 0 Å². The number of nitrogens with two attached hydrogens (primary N) is 1. The van der Waals surface area contributed by atoms with Gasteiger partial charge in [0, 0.05) is 12.8 Å². The minimum atomic E-state index is -0.667. The van der Waals surface area contributed by atoms with Crippen LogP contribution < -0.4 is 5.73 Å². The predicted octanol–water partition coefficient (Wildman–Crippen LogP) is 1.27. The molecule has 0 heterocycles. The number of carbonyl (C=O) groups is 2. The number of carbonyl (C=O) groups excluding carboxylic acids is 2. The van der Waals surface area contributed by atoms with Gasteiger partial charge in [0.2, 0.25) is 0 Å². The lowest BCUT2D eigenvalue weighted by atomic mass is 10.1. The highest BCUT2D eigenvalue weighted by Crippen LogP contribution is 2.02. The van der Waals surface area contributed by atoms with Gasteiger partial charge in [-0.2, -0.15) is 0 Å². The predicted molar refractivity (Wildman–Crippen MR) is 58.3 cm³/mol. The highest BCUT2D eigenvalue weighted by molar-refractivity contribution is 5.80. The van der Waals surface area contributed by atoms with Crippen LogP contribution in [0.4, 0.5) is 0 Å². The van der Waals surface area contributed by atoms with Gasteiger partial charge >= 0.3 is 5.97 Å². The van der Waals surface area contributed by atoms with Crippen LogP contribution in [0.25, 0.3) is 0 Å². The van der Waals surface area contributed by atoms with Crippen molar-refractivity contribution < 1.29 is 14.3 Å². The Bertz CT molecular complexity index is 214. The van der Waals surface area contributed by atoms with Crippen LogP contribution in [0.3, 0.4) is 0 Å². The average molecular weight is 215 g/mol. The second-order valence-corrected chi connectivity index (χ2v) is 4.06. The van der Waals surface area contributed by atoms with Crippen LogP contribution >= 0.6 is 0 Å². The molecule has 0 aliphatic heterocycles. The Morgan fingerprint density at radius 3 is 2.40 bits per heavy atom. The summed E-state index contributed by atoms with van der Waals surface area (Å²) < 4.78 is 4.96. The summed E-state index contributed by atoms with van der Waals surface area (Å²) in [6, 6.07) is -0.667. The monoisotopic (exact) mass is 215 g/mol. The van der Waals surface area contributed by atoms with Crippen LogP contribution in [0.2, 0.25) is 0 Å². The lowest BCUT2D eigenvalue weighted by Crippen LogP contribution is -2.33. The fraction of sp³-hybridized carbons (Fsp3) is 0.818. The summed E-state index contributed by atoms with van der Waals surface area (Å²) in [6.45, 7) is 6.10. The first-order valence-electron chi connectivity index (χ1n) is 5.41. The Labute approximate surface area is 91.2 Å². The van der Waals surface area contributed by atoms with Gasteiger partial charge in [-0.05, 0) is 12.3 Å². The van der Waals surface area contributed by atoms with E-state index in [0.717, 1.165) is 0 Å². The van der Waals surface area contributed by atoms with Crippen LogP contribution in [0.1, 0.15) is 40.0 Å². The largest absolute Gasteiger partial charge is 0.464 e. The summed E-state index contributed by atoms with van der Waals surface area (Å²) in [5.74, 6) is 0.0214. The standard InChI is InChI=1S/C11H21NO3/c1-4-9(13)5-6-10(12)11(14)15-7-8(2)3/h8,10H,4-7,12H2,1-3H3. The van der Waals surface area contributed by atoms with Gasteiger partial charge < -0.3 is 10.5 Å². The van der Waals surface area contributed by atoms with E-state index in [1.165, 1.54) is 0 Å². The van der Waals surface area contributed by atoms with Crippen LogP contribution in [-0.2, 0) is 14.3 Å². The molecule has 0 aromatic heterocycles. The van der Waals surface area contributed by atoms with E-state index in [1.54, 1.807) is 6.92 Å². The normalized spacial score (nSPS) is 12.6. The van der Waals surface area contributed by atoms with Crippen molar-refractivity contribution in [2.24, 2.45) is 11.7 Å². The lowest BCUT2D eigenvalue weighted by molar-refractivity contribution is -0.146. The quantitative estimate of drug-likeness (QED) is 0.649. The molecule has 0 amide bonds. The number of esters is 1. The van der Waals surface area contributed by atoms with Gasteiger partial charge in [-0.3, -0.25) is 9.59 Å². The smallest absolute Gasteiger partial charge is 0.322 e. The molecule has 0 radical (unpaired) electrons. The molecule has 88 valence electrons. The number of Topliss-reactive ketones (excluding diaryl/α,β-unsaturated/α-hetero) is 1. The number of hydrogen-bond donors (Lipinski definition) is 1. The van der Waals surface area contributed by atoms with Gasteiger partial charge in [0.05, 0.1) is 6.61 Å². The molecule has 0 aromatic rings. The summed E-state index contributed by atoms with van der Waals surface area (Å²) >= 11 is 0. The van der Waals surface area contributed by atoms with Gasteiger partial charge in [-0.15, -0.1) is 0 Å². The molecule has 1 atom stereocenters. The van der Waals surface area contributed by atoms with Crippen molar-refractivity contribution in [2.75, 3.05) is 6.61 Å². The Morgan fingerprint density at radius 2 is 1.93 bits per heavy atom. The zero-order valence-corrected chi connectivity index (χ0v) is 9.79. The molecule has 0 saturated heterocycles. The number of rotatable bonds is 7. The Kier molecular flexibility index (Phi) is 6.96. The molecule has 0 aliphatic carbocycles. The fourth-order valence-electron chi connectivity index (χ4n) is 0.967. The van der Waals surface area contributed by atoms with E-state index in [-0.39, 0.29) is 5.78 Å². The number of ketones is 1. The highest BCUT2D eigenvalue weighted by Gasteiger charge is 2.16. The van der Waals surface area contributed by atoms with Crippen molar-refractivity contribution in [1.82, 2.24) is 0 Å². The third-order valence-electron chi connectivity index (χ3n) is 1.99. The van der Waals surface area contributed by atoms with Gasteiger partial charge in [0.1, 0.15) is 11.8 Å². The molecule has 0 fully saturated rings. The minimum absolute atomic E-state index is 0.127. The second-order valence-electron chi connectivity index (χ2n) is 4.06. The van der Waals surface area contributed by atoms with Crippen LogP contribution in [0.15, 0.2) is 0 Å². The lowest BCUT2D eigenvalue weighted by Gasteiger charge is -2.12. The summed E-state index contributed by atoms with van der Waals surface area (Å²) in [5, 5.41) is 0. The van der Waals surface area contributed by atoms with Gasteiger partial charge in [-0.1, -0.05) is 20.8 Å². The van der Waals surface area contributed by atoms with Crippen molar-refractivity contribution >= 4 is 11.8 Å². The highest BCUT2D eigenvalue weighted by atomic mass is 16.5. The molecule has 0 spiro atoms. The maximum absolute atomic E-state index is 11.3. The number of ether oxygens (including phenoxy) is 1. The SMILES string of the molecule is CCC(=O)CCC(N)C(=O)OCC(C)C. The molecule has 2 N–H and O–H groups in total. The van der Waals surface area contributed by atoms with Crippen molar-refractivity contribution in [2.45, 2.75) is 46.1 Å². The molecule has 0 rings (SSSR count). The average Bonchev–Trinajstić information content (AvgIpc) is 2.21. The van der Waals surface area contributed by atoms with Gasteiger partial charge in [0.25, 0.3) is 0 Å². The zero-order chi connectivity index (χ0) is 11.8. The topological polar surface area (TPSA) is 69.4 Å². The molecule has 15 heavy (non-hydrogen) atoms. The van der Waals surface area contributed by atoms with E-state index in [9.17, 15) is 9.59 Å². The third-order valence-corrected chi connectivity index (χ3v) is 1.99. The Balaban J connectivity index is 3.74. The number of hydrogen-bond acceptors (Lipinski definition) is 4. The summed E-state index contributed by atoms with van der Waals surface area (Å²) in [4.78, 5) is 22.3. The maximum Gasteiger partial charge on any atom is 0.322 e. The first-order valence-corrected chi connectivity index (χ1v) is 5.41. The van der Waals surface area contributed by atoms with Crippen LogP contribution in [0.5, 0.6) is 0 Å². The fourth-order valence-corrected chi connectivity index (χ4v) is 0.967. The molecule has 0 saturated carbocycles. The first kappa shape index (κ1) is 14.1. The zero-order valence-electron chi connectivity index (χ0n) is 9.79. The summed E-state index contributed by atoms with van der Waals surface area (Å²) in [6.07, 6.45) is 1.23. The summed E-state index contributed by atoms with van der Waals surface area (Å²) in [7, 11) is 0. The van der Waals surface area contributed by atoms with E-state index in [0.29, 0.717) is 31.8 Å². The molecule has 0 bridgehead atoms. The maximum atomic E-state index is 11.3. The second kappa shape index (κ2) is 7.40. The molecular weight excluding hydrogens is 194 g/mol. The molecular formula is C11H21NO3. The van der Waals surface area contributed by atoms with Crippen LogP contribution in [-0.4, -0.2) is 24.4 Å². The van der Waals surface area contributed by atoms with E-state index in [2.05, 4.69) is 0 Å². The first-order chi connectivity index (χ1) is 6.97. The van der Waals surface area contributed by atoms with Crippen molar-refractivity contribution in [3.63, 3.8) is 0 Å². The molecule has 1 unspecified atom stereocenters. The van der Waals surface area contributed by atoms with Crippen molar-refractivity contribution in [3.05, 3.63) is 0 Å². The summed E-state index contributed by atoms with van der Waals surface area (Å²) in [5.41, 5.74) is 5.58.